The van der Waals surface area contributed by atoms with Gasteiger partial charge in [0.1, 0.15) is 24.2 Å². The lowest BCUT2D eigenvalue weighted by Crippen LogP contribution is -2.35. The highest BCUT2D eigenvalue weighted by Gasteiger charge is 2.49. The van der Waals surface area contributed by atoms with E-state index in [1.165, 1.54) is 0 Å². The molecule has 6 heteroatoms. The zero-order valence-corrected chi connectivity index (χ0v) is 12.2. The smallest absolute Gasteiger partial charge is 0.321 e. The minimum absolute atomic E-state index is 0.144. The van der Waals surface area contributed by atoms with Crippen molar-refractivity contribution in [3.63, 3.8) is 0 Å². The summed E-state index contributed by atoms with van der Waals surface area (Å²) >= 11 is 5.44. The number of esters is 1. The molecule has 0 N–H and O–H groups in total. The molecule has 2 aliphatic rings. The van der Waals surface area contributed by atoms with Gasteiger partial charge in [-0.3, -0.25) is 4.79 Å². The fourth-order valence-corrected chi connectivity index (χ4v) is 2.71. The molecule has 1 aromatic rings. The predicted molar refractivity (Wildman–Crippen MR) is 75.1 cm³/mol. The molecule has 2 heterocycles. The highest BCUT2D eigenvalue weighted by molar-refractivity contribution is 6.26. The van der Waals surface area contributed by atoms with Crippen molar-refractivity contribution in [1.29, 1.82) is 0 Å². The van der Waals surface area contributed by atoms with E-state index in [9.17, 15) is 4.79 Å². The van der Waals surface area contributed by atoms with Crippen molar-refractivity contribution in [1.82, 2.24) is 0 Å². The molecule has 0 unspecified atom stereocenters. The molecule has 1 aromatic carbocycles. The molecule has 0 bridgehead atoms. The van der Waals surface area contributed by atoms with E-state index in [-0.39, 0.29) is 24.2 Å². The molecule has 3 rings (SSSR count). The predicted octanol–water partition coefficient (Wildman–Crippen LogP) is 1.52. The van der Waals surface area contributed by atoms with Gasteiger partial charge in [-0.1, -0.05) is 30.3 Å². The Morgan fingerprint density at radius 3 is 2.52 bits per heavy atom. The van der Waals surface area contributed by atoms with Crippen LogP contribution < -0.4 is 0 Å². The Morgan fingerprint density at radius 1 is 1.14 bits per heavy atom. The molecule has 21 heavy (non-hydrogen) atoms. The third-order valence-corrected chi connectivity index (χ3v) is 3.88. The molecule has 0 amide bonds. The molecular weight excluding hydrogens is 296 g/mol. The number of hydrogen-bond acceptors (Lipinski definition) is 5. The first kappa shape index (κ1) is 14.8. The van der Waals surface area contributed by atoms with E-state index >= 15 is 0 Å². The highest BCUT2D eigenvalue weighted by Crippen LogP contribution is 2.31. The summed E-state index contributed by atoms with van der Waals surface area (Å²) in [5.74, 6) is -0.620. The average molecular weight is 313 g/mol. The molecule has 0 aliphatic carbocycles. The molecule has 4 atom stereocenters. The molecule has 2 fully saturated rings. The number of alkyl halides is 1. The van der Waals surface area contributed by atoms with Crippen LogP contribution in [0.25, 0.3) is 0 Å². The van der Waals surface area contributed by atoms with Crippen molar-refractivity contribution in [3.8, 4) is 0 Å². The fraction of sp³-hybridized carbons (Fsp3) is 0.533. The minimum Gasteiger partial charge on any atom is -0.456 e. The number of rotatable bonds is 5. The van der Waals surface area contributed by atoms with E-state index in [0.717, 1.165) is 5.56 Å². The summed E-state index contributed by atoms with van der Waals surface area (Å²) in [6, 6.07) is 9.93. The Bertz CT molecular complexity index is 480. The lowest BCUT2D eigenvalue weighted by atomic mass is 10.1. The van der Waals surface area contributed by atoms with Gasteiger partial charge in [-0.15, -0.1) is 11.6 Å². The molecule has 2 saturated heterocycles. The Kier molecular flexibility index (Phi) is 4.75. The van der Waals surface area contributed by atoms with Crippen LogP contribution in [0.3, 0.4) is 0 Å². The Labute approximate surface area is 128 Å². The third kappa shape index (κ3) is 3.37. The van der Waals surface area contributed by atoms with Crippen molar-refractivity contribution >= 4 is 17.6 Å². The first-order chi connectivity index (χ1) is 10.3. The van der Waals surface area contributed by atoms with Crippen LogP contribution in [0.5, 0.6) is 0 Å². The fourth-order valence-electron chi connectivity index (χ4n) is 2.65. The topological polar surface area (TPSA) is 54.0 Å². The summed E-state index contributed by atoms with van der Waals surface area (Å²) in [5, 5.41) is 0. The minimum atomic E-state index is -0.455. The number of carbonyl (C=O) groups excluding carboxylic acids is 1. The van der Waals surface area contributed by atoms with Crippen LogP contribution in [0.4, 0.5) is 0 Å². The zero-order chi connectivity index (χ0) is 14.7. The van der Waals surface area contributed by atoms with E-state index in [1.54, 1.807) is 0 Å². The molecule has 114 valence electrons. The van der Waals surface area contributed by atoms with Crippen LogP contribution in [0.2, 0.25) is 0 Å². The van der Waals surface area contributed by atoms with Gasteiger partial charge in [-0.25, -0.2) is 0 Å². The third-order valence-electron chi connectivity index (χ3n) is 3.66. The molecule has 0 aromatic heterocycles. The van der Waals surface area contributed by atoms with Crippen LogP contribution in [0.1, 0.15) is 5.56 Å². The zero-order valence-electron chi connectivity index (χ0n) is 11.4. The Hall–Kier alpha value is -1.14. The summed E-state index contributed by atoms with van der Waals surface area (Å²) in [6.45, 7) is 1.27. The van der Waals surface area contributed by atoms with Gasteiger partial charge < -0.3 is 18.9 Å². The van der Waals surface area contributed by atoms with Crippen molar-refractivity contribution in [3.05, 3.63) is 35.9 Å². The maximum Gasteiger partial charge on any atom is 0.321 e. The van der Waals surface area contributed by atoms with Crippen molar-refractivity contribution < 1.29 is 23.7 Å². The molecule has 0 radical (unpaired) electrons. The van der Waals surface area contributed by atoms with Crippen LogP contribution in [-0.4, -0.2) is 49.5 Å². The molecule has 5 nitrogen and oxygen atoms in total. The van der Waals surface area contributed by atoms with Gasteiger partial charge in [0, 0.05) is 0 Å². The maximum absolute atomic E-state index is 11.3. The summed E-state index contributed by atoms with van der Waals surface area (Å²) in [5.41, 5.74) is 1.10. The van der Waals surface area contributed by atoms with E-state index in [4.69, 9.17) is 30.5 Å². The number of benzene rings is 1. The van der Waals surface area contributed by atoms with Crippen molar-refractivity contribution in [2.24, 2.45) is 0 Å². The standard InChI is InChI=1S/C15H17ClO5/c16-6-13(17)21-12-9-20-14-11(8-19-15(12)14)18-7-10-4-2-1-3-5-10/h1-5,11-12,14-15H,6-9H2/t11-,12+,14-,15-/m1/s1. The maximum atomic E-state index is 11.3. The second-order valence-corrected chi connectivity index (χ2v) is 5.36. The molecule has 0 saturated carbocycles. The van der Waals surface area contributed by atoms with Crippen molar-refractivity contribution in [2.75, 3.05) is 19.1 Å². The van der Waals surface area contributed by atoms with Gasteiger partial charge in [-0.2, -0.15) is 0 Å². The van der Waals surface area contributed by atoms with Crippen molar-refractivity contribution in [2.45, 2.75) is 31.0 Å². The largest absolute Gasteiger partial charge is 0.456 e. The summed E-state index contributed by atoms with van der Waals surface area (Å²) in [7, 11) is 0. The van der Waals surface area contributed by atoms with Gasteiger partial charge >= 0.3 is 5.97 Å². The molecular formula is C15H17ClO5. The van der Waals surface area contributed by atoms with Gasteiger partial charge in [-0.05, 0) is 5.56 Å². The first-order valence-electron chi connectivity index (χ1n) is 6.92. The quantitative estimate of drug-likeness (QED) is 0.609. The van der Waals surface area contributed by atoms with Gasteiger partial charge in [0.15, 0.2) is 6.10 Å². The Morgan fingerprint density at radius 2 is 1.81 bits per heavy atom. The van der Waals surface area contributed by atoms with E-state index < -0.39 is 12.1 Å². The molecule has 2 aliphatic heterocycles. The number of fused-ring (bicyclic) bond motifs is 1. The number of halogens is 1. The first-order valence-corrected chi connectivity index (χ1v) is 7.45. The van der Waals surface area contributed by atoms with Gasteiger partial charge in [0.25, 0.3) is 0 Å². The summed E-state index contributed by atoms with van der Waals surface area (Å²) in [4.78, 5) is 11.3. The van der Waals surface area contributed by atoms with E-state index in [0.29, 0.717) is 19.8 Å². The van der Waals surface area contributed by atoms with E-state index in [2.05, 4.69) is 0 Å². The SMILES string of the molecule is O=C(CCl)O[C@H]1CO[C@H]2[C@@H]1OC[C@H]2OCc1ccccc1. The molecule has 0 spiro atoms. The highest BCUT2D eigenvalue weighted by atomic mass is 35.5. The van der Waals surface area contributed by atoms with Crippen LogP contribution in [-0.2, 0) is 30.3 Å². The number of ether oxygens (including phenoxy) is 4. The van der Waals surface area contributed by atoms with E-state index in [1.807, 2.05) is 30.3 Å². The lowest BCUT2D eigenvalue weighted by Gasteiger charge is -2.17. The van der Waals surface area contributed by atoms with Gasteiger partial charge in [0.2, 0.25) is 0 Å². The summed E-state index contributed by atoms with van der Waals surface area (Å²) < 4.78 is 22.4. The second kappa shape index (κ2) is 6.75. The number of carbonyl (C=O) groups is 1. The second-order valence-electron chi connectivity index (χ2n) is 5.09. The number of hydrogen-bond donors (Lipinski definition) is 0. The van der Waals surface area contributed by atoms with Crippen LogP contribution in [0, 0.1) is 0 Å². The van der Waals surface area contributed by atoms with Crippen LogP contribution in [0.15, 0.2) is 30.3 Å². The van der Waals surface area contributed by atoms with Gasteiger partial charge in [0.05, 0.1) is 19.8 Å². The lowest BCUT2D eigenvalue weighted by molar-refractivity contribution is -0.150. The Balaban J connectivity index is 1.53. The monoisotopic (exact) mass is 312 g/mol. The summed E-state index contributed by atoms with van der Waals surface area (Å²) in [6.07, 6.45) is -0.999. The van der Waals surface area contributed by atoms with Crippen LogP contribution >= 0.6 is 11.6 Å². The average Bonchev–Trinajstić information content (AvgIpc) is 3.09. The normalized spacial score (nSPS) is 31.1.